The maximum Gasteiger partial charge on any atom is 0.137 e. The molecule has 1 N–H and O–H groups in total. The number of nitrogens with zero attached hydrogens (tertiary/aromatic N) is 1. The topological polar surface area (TPSA) is 40.3 Å². The number of hydrogen-bond acceptors (Lipinski definition) is 3. The zero-order chi connectivity index (χ0) is 18.8. The average molecular weight is 372 g/mol. The van der Waals surface area contributed by atoms with E-state index in [9.17, 15) is 9.90 Å². The number of ketones is 1. The van der Waals surface area contributed by atoms with Crippen LogP contribution in [0.25, 0.3) is 0 Å². The van der Waals surface area contributed by atoms with Gasteiger partial charge >= 0.3 is 0 Å². The molecule has 0 aromatic carbocycles. The number of rotatable bonds is 4. The molecule has 0 aromatic heterocycles. The highest BCUT2D eigenvalue weighted by atomic mass is 16.3. The second-order valence-corrected chi connectivity index (χ2v) is 10.9. The third kappa shape index (κ3) is 2.87. The third-order valence-corrected chi connectivity index (χ3v) is 9.68. The van der Waals surface area contributed by atoms with E-state index in [1.165, 1.54) is 38.8 Å². The highest BCUT2D eigenvalue weighted by Crippen LogP contribution is 2.66. The van der Waals surface area contributed by atoms with Crippen molar-refractivity contribution in [1.82, 2.24) is 4.90 Å². The first kappa shape index (κ1) is 18.4. The van der Waals surface area contributed by atoms with Crippen molar-refractivity contribution in [2.45, 2.75) is 77.7 Å². The summed E-state index contributed by atoms with van der Waals surface area (Å²) in [6, 6.07) is 0. The van der Waals surface area contributed by atoms with Gasteiger partial charge in [-0.2, -0.15) is 0 Å². The van der Waals surface area contributed by atoms with E-state index in [1.807, 2.05) is 0 Å². The summed E-state index contributed by atoms with van der Waals surface area (Å²) in [6.07, 6.45) is 12.3. The summed E-state index contributed by atoms with van der Waals surface area (Å²) in [5.41, 5.74) is 2.10. The van der Waals surface area contributed by atoms with Crippen molar-refractivity contribution in [1.29, 1.82) is 0 Å². The number of carbonyl (C=O) groups is 1. The number of carbonyl (C=O) groups excluding carboxylic acids is 1. The summed E-state index contributed by atoms with van der Waals surface area (Å²) in [5, 5.41) is 10.2. The molecule has 0 bridgehead atoms. The van der Waals surface area contributed by atoms with Crippen LogP contribution in [0, 0.1) is 34.5 Å². The molecule has 7 atom stereocenters. The molecule has 3 heteroatoms. The second-order valence-electron chi connectivity index (χ2n) is 10.9. The molecule has 4 aliphatic carbocycles. The van der Waals surface area contributed by atoms with Crippen LogP contribution in [-0.4, -0.2) is 41.5 Å². The molecular formula is C24H37NO2. The van der Waals surface area contributed by atoms with E-state index in [1.54, 1.807) is 5.57 Å². The Balaban J connectivity index is 1.36. The first-order chi connectivity index (χ1) is 12.9. The van der Waals surface area contributed by atoms with Crippen molar-refractivity contribution in [3.8, 4) is 0 Å². The Morgan fingerprint density at radius 2 is 1.96 bits per heavy atom. The summed E-state index contributed by atoms with van der Waals surface area (Å²) in [5.74, 6) is 3.14. The quantitative estimate of drug-likeness (QED) is 0.595. The molecule has 7 unspecified atom stereocenters. The van der Waals surface area contributed by atoms with E-state index >= 15 is 0 Å². The first-order valence-corrected chi connectivity index (χ1v) is 11.5. The van der Waals surface area contributed by atoms with Crippen LogP contribution in [-0.2, 0) is 4.79 Å². The zero-order valence-electron chi connectivity index (χ0n) is 17.3. The lowest BCUT2D eigenvalue weighted by Crippen LogP contribution is -2.51. The van der Waals surface area contributed by atoms with Crippen LogP contribution in [0.5, 0.6) is 0 Å². The van der Waals surface area contributed by atoms with Gasteiger partial charge in [0.15, 0.2) is 0 Å². The molecule has 1 heterocycles. The molecule has 3 nitrogen and oxygen atoms in total. The van der Waals surface area contributed by atoms with Crippen LogP contribution in [0.2, 0.25) is 0 Å². The minimum absolute atomic E-state index is 0.120. The lowest BCUT2D eigenvalue weighted by Gasteiger charge is -2.58. The Kier molecular flexibility index (Phi) is 4.37. The standard InChI is InChI=1S/C24H37NO2/c1-23-10-7-17(26)15-16(23)3-4-18-19-5-6-21(22(27)9-12-25-13-14-25)24(19,2)11-8-20(18)23/h3,17-21,26H,4-15H2,1-2H3. The summed E-state index contributed by atoms with van der Waals surface area (Å²) >= 11 is 0. The first-order valence-electron chi connectivity index (χ1n) is 11.5. The molecular weight excluding hydrogens is 334 g/mol. The largest absolute Gasteiger partial charge is 0.393 e. The van der Waals surface area contributed by atoms with Crippen molar-refractivity contribution in [3.63, 3.8) is 0 Å². The monoisotopic (exact) mass is 371 g/mol. The van der Waals surface area contributed by atoms with Crippen molar-refractivity contribution in [2.24, 2.45) is 34.5 Å². The number of aliphatic hydroxyl groups is 1. The fourth-order valence-corrected chi connectivity index (χ4v) is 7.91. The van der Waals surface area contributed by atoms with E-state index in [0.29, 0.717) is 17.1 Å². The molecule has 0 amide bonds. The molecule has 0 aromatic rings. The van der Waals surface area contributed by atoms with E-state index in [0.717, 1.165) is 56.4 Å². The fraction of sp³-hybridized carbons (Fsp3) is 0.875. The molecule has 150 valence electrons. The summed E-state index contributed by atoms with van der Waals surface area (Å²) in [6.45, 7) is 8.35. The zero-order valence-corrected chi connectivity index (χ0v) is 17.3. The van der Waals surface area contributed by atoms with Gasteiger partial charge in [0.05, 0.1) is 6.10 Å². The van der Waals surface area contributed by atoms with Crippen LogP contribution in [0.1, 0.15) is 71.6 Å². The Morgan fingerprint density at radius 3 is 2.74 bits per heavy atom. The van der Waals surface area contributed by atoms with Crippen LogP contribution in [0.3, 0.4) is 0 Å². The fourth-order valence-electron chi connectivity index (χ4n) is 7.91. The molecule has 0 spiro atoms. The molecule has 27 heavy (non-hydrogen) atoms. The van der Waals surface area contributed by atoms with Gasteiger partial charge < -0.3 is 10.0 Å². The molecule has 3 saturated carbocycles. The molecule has 5 aliphatic rings. The van der Waals surface area contributed by atoms with Gasteiger partial charge in [-0.05, 0) is 80.0 Å². The van der Waals surface area contributed by atoms with Gasteiger partial charge in [-0.25, -0.2) is 0 Å². The van der Waals surface area contributed by atoms with Crippen LogP contribution < -0.4 is 0 Å². The number of Topliss-reactive ketones (excluding diaryl/α,β-unsaturated/α-hetero) is 1. The molecule has 1 saturated heterocycles. The highest BCUT2D eigenvalue weighted by Gasteiger charge is 2.59. The third-order valence-electron chi connectivity index (χ3n) is 9.68. The van der Waals surface area contributed by atoms with Crippen LogP contribution in [0.15, 0.2) is 11.6 Å². The second kappa shape index (κ2) is 6.42. The van der Waals surface area contributed by atoms with Gasteiger partial charge in [0.25, 0.3) is 0 Å². The Bertz CT molecular complexity index is 653. The van der Waals surface area contributed by atoms with Crippen molar-refractivity contribution in [2.75, 3.05) is 19.6 Å². The summed E-state index contributed by atoms with van der Waals surface area (Å²) < 4.78 is 0. The SMILES string of the molecule is CC12CCC(O)CC1=CCC1C2CCC2(C)C(C(=O)CCN3CC3)CCC12. The minimum atomic E-state index is -0.120. The Hall–Kier alpha value is -0.670. The maximum atomic E-state index is 13.1. The Morgan fingerprint density at radius 1 is 1.15 bits per heavy atom. The predicted molar refractivity (Wildman–Crippen MR) is 107 cm³/mol. The van der Waals surface area contributed by atoms with E-state index in [-0.39, 0.29) is 11.5 Å². The summed E-state index contributed by atoms with van der Waals surface area (Å²) in [4.78, 5) is 15.4. The lowest BCUT2D eigenvalue weighted by molar-refractivity contribution is -0.129. The van der Waals surface area contributed by atoms with Gasteiger partial charge in [0, 0.05) is 32.0 Å². The Labute approximate surface area is 164 Å². The van der Waals surface area contributed by atoms with Gasteiger partial charge in [-0.1, -0.05) is 25.5 Å². The number of fused-ring (bicyclic) bond motifs is 5. The van der Waals surface area contributed by atoms with Crippen molar-refractivity contribution >= 4 is 5.78 Å². The van der Waals surface area contributed by atoms with Gasteiger partial charge in [-0.15, -0.1) is 0 Å². The maximum absolute atomic E-state index is 13.1. The van der Waals surface area contributed by atoms with Gasteiger partial charge in [0.1, 0.15) is 5.78 Å². The number of hydrogen-bond donors (Lipinski definition) is 1. The average Bonchev–Trinajstić information content (AvgIpc) is 3.40. The smallest absolute Gasteiger partial charge is 0.137 e. The van der Waals surface area contributed by atoms with E-state index in [4.69, 9.17) is 0 Å². The van der Waals surface area contributed by atoms with Crippen molar-refractivity contribution < 1.29 is 9.90 Å². The molecule has 4 fully saturated rings. The molecule has 0 radical (unpaired) electrons. The van der Waals surface area contributed by atoms with Crippen LogP contribution in [0.4, 0.5) is 0 Å². The van der Waals surface area contributed by atoms with Crippen LogP contribution >= 0.6 is 0 Å². The predicted octanol–water partition coefficient (Wildman–Crippen LogP) is 4.20. The summed E-state index contributed by atoms with van der Waals surface area (Å²) in [7, 11) is 0. The van der Waals surface area contributed by atoms with Gasteiger partial charge in [0.2, 0.25) is 0 Å². The molecule has 5 rings (SSSR count). The normalized spacial score (nSPS) is 49.0. The lowest BCUT2D eigenvalue weighted by atomic mass is 9.47. The van der Waals surface area contributed by atoms with Crippen molar-refractivity contribution in [3.05, 3.63) is 11.6 Å². The van der Waals surface area contributed by atoms with E-state index in [2.05, 4.69) is 24.8 Å². The van der Waals surface area contributed by atoms with Gasteiger partial charge in [-0.3, -0.25) is 4.79 Å². The molecule has 1 aliphatic heterocycles. The van der Waals surface area contributed by atoms with E-state index < -0.39 is 0 Å². The minimum Gasteiger partial charge on any atom is -0.393 e. The number of allylic oxidation sites excluding steroid dienone is 1. The number of aliphatic hydroxyl groups excluding tert-OH is 1. The highest BCUT2D eigenvalue weighted by molar-refractivity contribution is 5.82.